The molecule has 0 spiro atoms. The van der Waals surface area contributed by atoms with Crippen LogP contribution in [0, 0.1) is 0 Å². The molecule has 0 radical (unpaired) electrons. The lowest BCUT2D eigenvalue weighted by atomic mass is 10.0. The maximum absolute atomic E-state index is 13.5. The van der Waals surface area contributed by atoms with E-state index in [1.54, 1.807) is 27.4 Å². The summed E-state index contributed by atoms with van der Waals surface area (Å²) in [5.41, 5.74) is 5.26. The van der Waals surface area contributed by atoms with E-state index >= 15 is 0 Å². The summed E-state index contributed by atoms with van der Waals surface area (Å²) in [5.74, 6) is 1.79. The summed E-state index contributed by atoms with van der Waals surface area (Å²) in [5, 5.41) is 7.13. The second-order valence-electron chi connectivity index (χ2n) is 8.53. The van der Waals surface area contributed by atoms with Gasteiger partial charge >= 0.3 is 0 Å². The van der Waals surface area contributed by atoms with Crippen LogP contribution in [0.5, 0.6) is 17.2 Å². The fourth-order valence-electron chi connectivity index (χ4n) is 4.18. The van der Waals surface area contributed by atoms with Crippen LogP contribution in [0.1, 0.15) is 10.4 Å². The third-order valence-electron chi connectivity index (χ3n) is 6.16. The first-order chi connectivity index (χ1) is 18.6. The van der Waals surface area contributed by atoms with E-state index in [0.29, 0.717) is 28.4 Å². The Bertz CT molecular complexity index is 1580. The molecule has 0 bridgehead atoms. The van der Waals surface area contributed by atoms with E-state index < -0.39 is 0 Å². The molecule has 0 aliphatic carbocycles. The highest BCUT2D eigenvalue weighted by Gasteiger charge is 2.16. The first-order valence-electron chi connectivity index (χ1n) is 12.0. The molecule has 4 aromatic carbocycles. The Morgan fingerprint density at radius 3 is 2.03 bits per heavy atom. The number of pyridine rings is 1. The van der Waals surface area contributed by atoms with Gasteiger partial charge in [-0.3, -0.25) is 4.79 Å². The van der Waals surface area contributed by atoms with Gasteiger partial charge < -0.3 is 24.8 Å². The van der Waals surface area contributed by atoms with Crippen molar-refractivity contribution < 1.29 is 19.0 Å². The zero-order chi connectivity index (χ0) is 26.5. The van der Waals surface area contributed by atoms with E-state index in [1.807, 2.05) is 91.0 Å². The average Bonchev–Trinajstić information content (AvgIpc) is 2.97. The van der Waals surface area contributed by atoms with E-state index in [-0.39, 0.29) is 5.91 Å². The maximum atomic E-state index is 13.5. The molecule has 7 heteroatoms. The van der Waals surface area contributed by atoms with Crippen LogP contribution in [0.25, 0.3) is 22.2 Å². The number of hydrogen-bond acceptors (Lipinski definition) is 6. The predicted molar refractivity (Wildman–Crippen MR) is 151 cm³/mol. The van der Waals surface area contributed by atoms with Crippen LogP contribution in [-0.4, -0.2) is 32.2 Å². The zero-order valence-electron chi connectivity index (χ0n) is 21.3. The molecule has 1 amide bonds. The molecule has 0 saturated carbocycles. The highest BCUT2D eigenvalue weighted by Crippen LogP contribution is 2.33. The topological polar surface area (TPSA) is 81.7 Å². The van der Waals surface area contributed by atoms with Crippen molar-refractivity contribution in [1.29, 1.82) is 0 Å². The number of fused-ring (bicyclic) bond motifs is 1. The van der Waals surface area contributed by atoms with Gasteiger partial charge in [0.1, 0.15) is 5.75 Å². The van der Waals surface area contributed by atoms with Crippen molar-refractivity contribution in [3.63, 3.8) is 0 Å². The highest BCUT2D eigenvalue weighted by atomic mass is 16.5. The molecule has 0 unspecified atom stereocenters. The number of hydrogen-bond donors (Lipinski definition) is 2. The second-order valence-corrected chi connectivity index (χ2v) is 8.53. The van der Waals surface area contributed by atoms with Gasteiger partial charge in [0, 0.05) is 28.0 Å². The fraction of sp³-hybridized carbons (Fsp3) is 0.0968. The van der Waals surface area contributed by atoms with Crippen LogP contribution in [0.15, 0.2) is 97.1 Å². The van der Waals surface area contributed by atoms with Crippen LogP contribution in [0.2, 0.25) is 0 Å². The number of para-hydroxylation sites is 1. The number of benzene rings is 4. The summed E-state index contributed by atoms with van der Waals surface area (Å²) < 4.78 is 16.0. The average molecular weight is 506 g/mol. The molecule has 2 N–H and O–H groups in total. The SMILES string of the molecule is COc1ccc(Nc2ccc(NC(=O)c3cc(-c4ccc(OC)c(OC)c4)nc4ccccc34)cc2)cc1. The van der Waals surface area contributed by atoms with Gasteiger partial charge in [0.05, 0.1) is 38.1 Å². The largest absolute Gasteiger partial charge is 0.497 e. The van der Waals surface area contributed by atoms with Crippen molar-refractivity contribution in [3.05, 3.63) is 103 Å². The quantitative estimate of drug-likeness (QED) is 0.238. The predicted octanol–water partition coefficient (Wildman–Crippen LogP) is 6.92. The molecule has 0 saturated heterocycles. The highest BCUT2D eigenvalue weighted by molar-refractivity contribution is 6.13. The smallest absolute Gasteiger partial charge is 0.256 e. The van der Waals surface area contributed by atoms with Gasteiger partial charge in [0.15, 0.2) is 11.5 Å². The van der Waals surface area contributed by atoms with Crippen LogP contribution in [-0.2, 0) is 0 Å². The Morgan fingerprint density at radius 2 is 1.34 bits per heavy atom. The first-order valence-corrected chi connectivity index (χ1v) is 12.0. The standard InChI is InChI=1S/C31H27N3O4/c1-36-24-15-13-22(14-16-24)32-21-9-11-23(12-10-21)33-31(35)26-19-28(34-27-7-5-4-6-25(26)27)20-8-17-29(37-2)30(18-20)38-3/h4-19,32H,1-3H3,(H,33,35). The lowest BCUT2D eigenvalue weighted by molar-refractivity contribution is 0.102. The third kappa shape index (κ3) is 5.22. The molecule has 1 heterocycles. The van der Waals surface area contributed by atoms with E-state index in [9.17, 15) is 4.79 Å². The Balaban J connectivity index is 1.40. The molecular formula is C31H27N3O4. The lowest BCUT2D eigenvalue weighted by Crippen LogP contribution is -2.13. The van der Waals surface area contributed by atoms with Crippen LogP contribution in [0.4, 0.5) is 17.1 Å². The van der Waals surface area contributed by atoms with E-state index in [4.69, 9.17) is 19.2 Å². The minimum atomic E-state index is -0.221. The number of carbonyl (C=O) groups is 1. The van der Waals surface area contributed by atoms with Crippen molar-refractivity contribution >= 4 is 33.9 Å². The minimum Gasteiger partial charge on any atom is -0.497 e. The van der Waals surface area contributed by atoms with Gasteiger partial charge in [-0.25, -0.2) is 4.98 Å². The van der Waals surface area contributed by atoms with Gasteiger partial charge in [-0.15, -0.1) is 0 Å². The lowest BCUT2D eigenvalue weighted by Gasteiger charge is -2.13. The Kier molecular flexibility index (Phi) is 7.08. The van der Waals surface area contributed by atoms with Gasteiger partial charge in [-0.1, -0.05) is 18.2 Å². The van der Waals surface area contributed by atoms with Crippen molar-refractivity contribution in [2.24, 2.45) is 0 Å². The number of ether oxygens (including phenoxy) is 3. The third-order valence-corrected chi connectivity index (χ3v) is 6.16. The zero-order valence-corrected chi connectivity index (χ0v) is 21.3. The second kappa shape index (κ2) is 10.9. The Labute approximate surface area is 221 Å². The van der Waals surface area contributed by atoms with Gasteiger partial charge in [0.2, 0.25) is 0 Å². The maximum Gasteiger partial charge on any atom is 0.256 e. The molecule has 0 aliphatic heterocycles. The molecule has 0 atom stereocenters. The van der Waals surface area contributed by atoms with E-state index in [0.717, 1.165) is 33.6 Å². The summed E-state index contributed by atoms with van der Waals surface area (Å²) in [6, 6.07) is 30.2. The first kappa shape index (κ1) is 24.6. The molecule has 1 aromatic heterocycles. The van der Waals surface area contributed by atoms with Crippen LogP contribution < -0.4 is 24.8 Å². The number of aromatic nitrogens is 1. The summed E-state index contributed by atoms with van der Waals surface area (Å²) in [4.78, 5) is 18.3. The van der Waals surface area contributed by atoms with Crippen molar-refractivity contribution in [2.75, 3.05) is 32.0 Å². The Hall–Kier alpha value is -5.04. The molecular weight excluding hydrogens is 478 g/mol. The molecule has 0 fully saturated rings. The number of carbonyl (C=O) groups excluding carboxylic acids is 1. The van der Waals surface area contributed by atoms with E-state index in [2.05, 4.69) is 10.6 Å². The molecule has 38 heavy (non-hydrogen) atoms. The van der Waals surface area contributed by atoms with E-state index in [1.165, 1.54) is 0 Å². The Morgan fingerprint density at radius 1 is 0.684 bits per heavy atom. The van der Waals surface area contributed by atoms with Crippen molar-refractivity contribution in [1.82, 2.24) is 4.98 Å². The summed E-state index contributed by atoms with van der Waals surface area (Å²) in [6.07, 6.45) is 0. The number of methoxy groups -OCH3 is 3. The summed E-state index contributed by atoms with van der Waals surface area (Å²) in [7, 11) is 4.82. The number of anilines is 3. The van der Waals surface area contributed by atoms with Gasteiger partial charge in [-0.2, -0.15) is 0 Å². The van der Waals surface area contributed by atoms with Gasteiger partial charge in [0.25, 0.3) is 5.91 Å². The number of rotatable bonds is 8. The summed E-state index contributed by atoms with van der Waals surface area (Å²) >= 11 is 0. The van der Waals surface area contributed by atoms with Gasteiger partial charge in [-0.05, 0) is 78.9 Å². The van der Waals surface area contributed by atoms with Crippen LogP contribution in [0.3, 0.4) is 0 Å². The molecule has 0 aliphatic rings. The minimum absolute atomic E-state index is 0.221. The monoisotopic (exact) mass is 505 g/mol. The van der Waals surface area contributed by atoms with Crippen molar-refractivity contribution in [2.45, 2.75) is 0 Å². The number of nitrogens with one attached hydrogen (secondary N) is 2. The fourth-order valence-corrected chi connectivity index (χ4v) is 4.18. The van der Waals surface area contributed by atoms with Crippen LogP contribution >= 0.6 is 0 Å². The summed E-state index contributed by atoms with van der Waals surface area (Å²) in [6.45, 7) is 0. The van der Waals surface area contributed by atoms with Crippen molar-refractivity contribution in [3.8, 4) is 28.5 Å². The molecule has 5 rings (SSSR count). The molecule has 190 valence electrons. The number of nitrogens with zero attached hydrogens (tertiary/aromatic N) is 1. The number of amides is 1. The molecule has 5 aromatic rings. The molecule has 7 nitrogen and oxygen atoms in total. The normalized spacial score (nSPS) is 10.6.